The molecule has 0 amide bonds. The number of oxazole rings is 1. The van der Waals surface area contributed by atoms with E-state index in [1.54, 1.807) is 0 Å². The van der Waals surface area contributed by atoms with Gasteiger partial charge in [-0.05, 0) is 88.3 Å². The lowest BCUT2D eigenvalue weighted by molar-refractivity contribution is 0.623. The van der Waals surface area contributed by atoms with Gasteiger partial charge in [-0.15, -0.1) is 0 Å². The maximum absolute atomic E-state index is 6.37. The normalized spacial score (nSPS) is 11.5. The molecule has 0 unspecified atom stereocenters. The summed E-state index contributed by atoms with van der Waals surface area (Å²) in [6.45, 7) is 0. The van der Waals surface area contributed by atoms with Crippen molar-refractivity contribution in [1.29, 1.82) is 0 Å². The Bertz CT molecular complexity index is 2840. The molecule has 0 bridgehead atoms. The van der Waals surface area contributed by atoms with Crippen molar-refractivity contribution in [2.75, 3.05) is 4.90 Å². The molecule has 2 heterocycles. The number of furan rings is 1. The van der Waals surface area contributed by atoms with Gasteiger partial charge in [-0.2, -0.15) is 0 Å². The van der Waals surface area contributed by atoms with Crippen LogP contribution in [0.5, 0.6) is 0 Å². The van der Waals surface area contributed by atoms with Gasteiger partial charge in [0.15, 0.2) is 5.58 Å². The molecule has 0 radical (unpaired) electrons. The van der Waals surface area contributed by atoms with Gasteiger partial charge >= 0.3 is 0 Å². The average Bonchev–Trinajstić information content (AvgIpc) is 3.81. The number of hydrogen-bond donors (Lipinski definition) is 0. The molecule has 0 N–H and O–H groups in total. The summed E-state index contributed by atoms with van der Waals surface area (Å²) in [5.41, 5.74) is 12.0. The summed E-state index contributed by atoms with van der Waals surface area (Å²) in [4.78, 5) is 7.22. The van der Waals surface area contributed by atoms with E-state index in [0.717, 1.165) is 77.6 Å². The van der Waals surface area contributed by atoms with Gasteiger partial charge in [-0.3, -0.25) is 0 Å². The van der Waals surface area contributed by atoms with Crippen LogP contribution in [0.2, 0.25) is 0 Å². The fourth-order valence-corrected chi connectivity index (χ4v) is 7.22. The second kappa shape index (κ2) is 11.9. The molecule has 4 heteroatoms. The van der Waals surface area contributed by atoms with Crippen LogP contribution in [0.15, 0.2) is 191 Å². The van der Waals surface area contributed by atoms with Crippen molar-refractivity contribution >= 4 is 60.9 Å². The quantitative estimate of drug-likeness (QED) is 0.179. The molecule has 10 aromatic rings. The highest BCUT2D eigenvalue weighted by molar-refractivity contribution is 6.11. The summed E-state index contributed by atoms with van der Waals surface area (Å²) in [6, 6.07) is 63.4. The van der Waals surface area contributed by atoms with Crippen LogP contribution >= 0.6 is 0 Å². The Hall–Kier alpha value is -6.91. The highest BCUT2D eigenvalue weighted by Crippen LogP contribution is 2.41. The van der Waals surface area contributed by atoms with E-state index in [0.29, 0.717) is 5.89 Å². The Morgan fingerprint density at radius 3 is 1.65 bits per heavy atom. The lowest BCUT2D eigenvalue weighted by Gasteiger charge is -2.26. The minimum Gasteiger partial charge on any atom is -0.456 e. The number of para-hydroxylation sites is 1. The number of hydrogen-bond acceptors (Lipinski definition) is 4. The summed E-state index contributed by atoms with van der Waals surface area (Å²) >= 11 is 0. The Balaban J connectivity index is 1.09. The van der Waals surface area contributed by atoms with Crippen molar-refractivity contribution in [2.45, 2.75) is 0 Å². The zero-order valence-electron chi connectivity index (χ0n) is 27.5. The predicted molar refractivity (Wildman–Crippen MR) is 210 cm³/mol. The Morgan fingerprint density at radius 1 is 0.373 bits per heavy atom. The summed E-state index contributed by atoms with van der Waals surface area (Å²) in [5.74, 6) is 0.624. The minimum atomic E-state index is 0.624. The molecular weight excluding hydrogens is 625 g/mol. The fraction of sp³-hybridized carbons (Fsp3) is 0. The Morgan fingerprint density at radius 2 is 0.922 bits per heavy atom. The first-order valence-electron chi connectivity index (χ1n) is 17.1. The van der Waals surface area contributed by atoms with Crippen LogP contribution in [0, 0.1) is 0 Å². The van der Waals surface area contributed by atoms with Gasteiger partial charge in [0.1, 0.15) is 16.7 Å². The third-order valence-corrected chi connectivity index (χ3v) is 9.71. The molecule has 0 atom stereocenters. The highest BCUT2D eigenvalue weighted by Gasteiger charge is 2.18. The second-order valence-electron chi connectivity index (χ2n) is 12.8. The summed E-state index contributed by atoms with van der Waals surface area (Å²) in [6.07, 6.45) is 0. The van der Waals surface area contributed by atoms with E-state index >= 15 is 0 Å². The SMILES string of the molecule is c1ccc(-c2ccc(N(c3ccc(-c4cc5nc(-c6ccccc6)oc5c5ccccc45)cc3)c3ccc4c(c3)oc3ccccc34)cc2)cc1. The molecule has 0 aliphatic heterocycles. The molecular formula is C47H30N2O2. The number of rotatable bonds is 6. The van der Waals surface area contributed by atoms with Crippen LogP contribution in [0.3, 0.4) is 0 Å². The van der Waals surface area contributed by atoms with Crippen LogP contribution in [0.1, 0.15) is 0 Å². The fourth-order valence-electron chi connectivity index (χ4n) is 7.22. The van der Waals surface area contributed by atoms with Gasteiger partial charge in [0.25, 0.3) is 0 Å². The lowest BCUT2D eigenvalue weighted by Crippen LogP contribution is -2.09. The molecule has 0 fully saturated rings. The van der Waals surface area contributed by atoms with Gasteiger partial charge in [0.2, 0.25) is 5.89 Å². The minimum absolute atomic E-state index is 0.624. The van der Waals surface area contributed by atoms with E-state index in [1.165, 1.54) is 11.1 Å². The van der Waals surface area contributed by atoms with E-state index in [1.807, 2.05) is 48.5 Å². The van der Waals surface area contributed by atoms with Gasteiger partial charge in [-0.25, -0.2) is 4.98 Å². The maximum atomic E-state index is 6.37. The maximum Gasteiger partial charge on any atom is 0.227 e. The van der Waals surface area contributed by atoms with E-state index in [4.69, 9.17) is 13.8 Å². The lowest BCUT2D eigenvalue weighted by atomic mass is 9.97. The monoisotopic (exact) mass is 654 g/mol. The number of aromatic nitrogens is 1. The molecule has 0 aliphatic rings. The standard InChI is InChI=1S/C47H30N2O2/c1-3-11-31(12-4-1)32-19-23-35(24-20-32)49(37-27-28-40-39-16-9-10-18-44(39)50-45(40)29-37)36-25-21-33(22-26-36)42-30-43-46(41-17-8-7-15-38(41)42)51-47(48-43)34-13-5-2-6-14-34/h1-30H. The molecule has 10 rings (SSSR count). The van der Waals surface area contributed by atoms with Crippen molar-refractivity contribution < 1.29 is 8.83 Å². The number of benzene rings is 8. The Kier molecular flexibility index (Phi) is 6.78. The summed E-state index contributed by atoms with van der Waals surface area (Å²) < 4.78 is 12.7. The van der Waals surface area contributed by atoms with Crippen molar-refractivity contribution in [1.82, 2.24) is 4.98 Å². The van der Waals surface area contributed by atoms with Crippen molar-refractivity contribution in [2.24, 2.45) is 0 Å². The zero-order valence-corrected chi connectivity index (χ0v) is 27.5. The average molecular weight is 655 g/mol. The van der Waals surface area contributed by atoms with Gasteiger partial charge in [0, 0.05) is 44.9 Å². The number of nitrogens with zero attached hydrogens (tertiary/aromatic N) is 2. The van der Waals surface area contributed by atoms with Gasteiger partial charge in [-0.1, -0.05) is 115 Å². The van der Waals surface area contributed by atoms with E-state index in [2.05, 4.69) is 138 Å². The first kappa shape index (κ1) is 29.0. The highest BCUT2D eigenvalue weighted by atomic mass is 16.3. The second-order valence-corrected chi connectivity index (χ2v) is 12.8. The molecule has 0 aliphatic carbocycles. The van der Waals surface area contributed by atoms with Crippen molar-refractivity contribution in [3.63, 3.8) is 0 Å². The van der Waals surface area contributed by atoms with Crippen LogP contribution in [-0.4, -0.2) is 4.98 Å². The van der Waals surface area contributed by atoms with E-state index < -0.39 is 0 Å². The first-order chi connectivity index (χ1) is 25.3. The van der Waals surface area contributed by atoms with Crippen molar-refractivity contribution in [3.8, 4) is 33.7 Å². The molecule has 8 aromatic carbocycles. The molecule has 240 valence electrons. The topological polar surface area (TPSA) is 42.4 Å². The molecule has 0 saturated heterocycles. The Labute approximate surface area is 294 Å². The van der Waals surface area contributed by atoms with E-state index in [-0.39, 0.29) is 0 Å². The smallest absolute Gasteiger partial charge is 0.227 e. The number of anilines is 3. The number of fused-ring (bicyclic) bond motifs is 6. The van der Waals surface area contributed by atoms with Crippen molar-refractivity contribution in [3.05, 3.63) is 182 Å². The van der Waals surface area contributed by atoms with Crippen LogP contribution in [-0.2, 0) is 0 Å². The largest absolute Gasteiger partial charge is 0.456 e. The summed E-state index contributed by atoms with van der Waals surface area (Å²) in [5, 5.41) is 4.39. The zero-order chi connectivity index (χ0) is 33.7. The third-order valence-electron chi connectivity index (χ3n) is 9.71. The predicted octanol–water partition coefficient (Wildman–Crippen LogP) is 13.4. The first-order valence-corrected chi connectivity index (χ1v) is 17.1. The van der Waals surface area contributed by atoms with E-state index in [9.17, 15) is 0 Å². The van der Waals surface area contributed by atoms with Gasteiger partial charge in [0.05, 0.1) is 0 Å². The molecule has 4 nitrogen and oxygen atoms in total. The molecule has 51 heavy (non-hydrogen) atoms. The molecule has 2 aromatic heterocycles. The van der Waals surface area contributed by atoms with Crippen LogP contribution < -0.4 is 4.90 Å². The van der Waals surface area contributed by atoms with Gasteiger partial charge < -0.3 is 13.7 Å². The molecule has 0 spiro atoms. The molecule has 0 saturated carbocycles. The summed E-state index contributed by atoms with van der Waals surface area (Å²) in [7, 11) is 0. The van der Waals surface area contributed by atoms with Crippen LogP contribution in [0.25, 0.3) is 77.5 Å². The third kappa shape index (κ3) is 5.04. The van der Waals surface area contributed by atoms with Crippen LogP contribution in [0.4, 0.5) is 17.1 Å².